The molecule has 1 aliphatic rings. The molecule has 1 fully saturated rings. The fourth-order valence-corrected chi connectivity index (χ4v) is 4.34. The van der Waals surface area contributed by atoms with E-state index in [1.165, 1.54) is 19.3 Å². The number of pyridine rings is 1. The molecule has 1 saturated heterocycles. The van der Waals surface area contributed by atoms with E-state index in [0.29, 0.717) is 10.6 Å². The predicted octanol–water partition coefficient (Wildman–Crippen LogP) is 3.49. The monoisotopic (exact) mass is 345 g/mol. The molecule has 2 aromatic rings. The summed E-state index contributed by atoms with van der Waals surface area (Å²) in [5, 5.41) is 0. The Bertz CT molecular complexity index is 811. The highest BCUT2D eigenvalue weighted by molar-refractivity contribution is 7.92. The first-order valence-corrected chi connectivity index (χ1v) is 9.75. The Morgan fingerprint density at radius 2 is 1.79 bits per heavy atom. The molecule has 24 heavy (non-hydrogen) atoms. The summed E-state index contributed by atoms with van der Waals surface area (Å²) in [5.41, 5.74) is 2.13. The third-order valence-corrected chi connectivity index (χ3v) is 5.84. The van der Waals surface area contributed by atoms with Gasteiger partial charge in [0, 0.05) is 13.1 Å². The minimum absolute atomic E-state index is 0.308. The van der Waals surface area contributed by atoms with Gasteiger partial charge in [0.1, 0.15) is 5.82 Å². The zero-order valence-electron chi connectivity index (χ0n) is 14.1. The molecule has 3 rings (SSSR count). The summed E-state index contributed by atoms with van der Waals surface area (Å²) in [4.78, 5) is 6.97. The number of hydrogen-bond donors (Lipinski definition) is 1. The first-order chi connectivity index (χ1) is 11.5. The molecule has 0 atom stereocenters. The molecule has 128 valence electrons. The van der Waals surface area contributed by atoms with E-state index in [-0.39, 0.29) is 0 Å². The first-order valence-electron chi connectivity index (χ1n) is 8.27. The second-order valence-corrected chi connectivity index (χ2v) is 7.98. The lowest BCUT2D eigenvalue weighted by molar-refractivity contribution is 0.573. The summed E-state index contributed by atoms with van der Waals surface area (Å²) in [6.45, 7) is 5.71. The molecule has 1 N–H and O–H groups in total. The standard InChI is InChI=1S/C18H23N3O2S/c1-14-6-7-15(2)17(12-14)24(22,23)20-16-8-9-18(19-13-16)21-10-4-3-5-11-21/h6-9,12-13,20H,3-5,10-11H2,1-2H3. The Morgan fingerprint density at radius 1 is 1.04 bits per heavy atom. The van der Waals surface area contributed by atoms with Gasteiger partial charge in [0.25, 0.3) is 10.0 Å². The highest BCUT2D eigenvalue weighted by Gasteiger charge is 2.18. The summed E-state index contributed by atoms with van der Waals surface area (Å²) < 4.78 is 27.8. The van der Waals surface area contributed by atoms with Crippen LogP contribution in [0.25, 0.3) is 0 Å². The number of piperidine rings is 1. The Kier molecular flexibility index (Phi) is 4.76. The molecule has 0 unspecified atom stereocenters. The largest absolute Gasteiger partial charge is 0.357 e. The van der Waals surface area contributed by atoms with Crippen molar-refractivity contribution in [2.24, 2.45) is 0 Å². The van der Waals surface area contributed by atoms with E-state index in [1.54, 1.807) is 25.3 Å². The van der Waals surface area contributed by atoms with Crippen LogP contribution in [-0.4, -0.2) is 26.5 Å². The smallest absolute Gasteiger partial charge is 0.262 e. The normalized spacial score (nSPS) is 15.3. The summed E-state index contributed by atoms with van der Waals surface area (Å²) in [7, 11) is -3.61. The fourth-order valence-electron chi connectivity index (χ4n) is 2.96. The Hall–Kier alpha value is -2.08. The van der Waals surface area contributed by atoms with Gasteiger partial charge in [-0.25, -0.2) is 13.4 Å². The zero-order valence-corrected chi connectivity index (χ0v) is 14.9. The van der Waals surface area contributed by atoms with Crippen LogP contribution in [0.1, 0.15) is 30.4 Å². The second kappa shape index (κ2) is 6.81. The maximum Gasteiger partial charge on any atom is 0.262 e. The summed E-state index contributed by atoms with van der Waals surface area (Å²) >= 11 is 0. The van der Waals surface area contributed by atoms with Gasteiger partial charge in [0.2, 0.25) is 0 Å². The molecular formula is C18H23N3O2S. The van der Waals surface area contributed by atoms with E-state index in [0.717, 1.165) is 30.0 Å². The number of sulfonamides is 1. The lowest BCUT2D eigenvalue weighted by Gasteiger charge is -2.27. The van der Waals surface area contributed by atoms with E-state index < -0.39 is 10.0 Å². The zero-order chi connectivity index (χ0) is 17.2. The molecular weight excluding hydrogens is 322 g/mol. The van der Waals surface area contributed by atoms with Crippen LogP contribution in [0.4, 0.5) is 11.5 Å². The molecule has 6 heteroatoms. The van der Waals surface area contributed by atoms with Crippen LogP contribution in [0.15, 0.2) is 41.4 Å². The Labute approximate surface area is 143 Å². The number of rotatable bonds is 4. The lowest BCUT2D eigenvalue weighted by atomic mass is 10.1. The fraction of sp³-hybridized carbons (Fsp3) is 0.389. The maximum atomic E-state index is 12.6. The van der Waals surface area contributed by atoms with E-state index in [9.17, 15) is 8.42 Å². The summed E-state index contributed by atoms with van der Waals surface area (Å²) in [5.74, 6) is 0.907. The molecule has 2 heterocycles. The molecule has 0 saturated carbocycles. The number of benzene rings is 1. The van der Waals surface area contributed by atoms with Crippen LogP contribution >= 0.6 is 0 Å². The molecule has 1 aromatic heterocycles. The van der Waals surface area contributed by atoms with Gasteiger partial charge in [0.15, 0.2) is 0 Å². The average molecular weight is 345 g/mol. The minimum Gasteiger partial charge on any atom is -0.357 e. The minimum atomic E-state index is -3.61. The van der Waals surface area contributed by atoms with Crippen molar-refractivity contribution >= 4 is 21.5 Å². The second-order valence-electron chi connectivity index (χ2n) is 6.33. The van der Waals surface area contributed by atoms with Gasteiger partial charge >= 0.3 is 0 Å². The molecule has 5 nitrogen and oxygen atoms in total. The quantitative estimate of drug-likeness (QED) is 0.921. The molecule has 0 spiro atoms. The third kappa shape index (κ3) is 3.70. The van der Waals surface area contributed by atoms with Crippen LogP contribution in [-0.2, 0) is 10.0 Å². The number of nitrogens with one attached hydrogen (secondary N) is 1. The van der Waals surface area contributed by atoms with Gasteiger partial charge in [0.05, 0.1) is 16.8 Å². The predicted molar refractivity (Wildman–Crippen MR) is 97.0 cm³/mol. The van der Waals surface area contributed by atoms with Crippen LogP contribution in [0, 0.1) is 13.8 Å². The molecule has 0 bridgehead atoms. The molecule has 0 aliphatic carbocycles. The van der Waals surface area contributed by atoms with E-state index in [1.807, 2.05) is 25.1 Å². The van der Waals surface area contributed by atoms with Gasteiger partial charge in [-0.15, -0.1) is 0 Å². The topological polar surface area (TPSA) is 62.3 Å². The number of hydrogen-bond acceptors (Lipinski definition) is 4. The number of anilines is 2. The van der Waals surface area contributed by atoms with Crippen molar-refractivity contribution in [2.75, 3.05) is 22.7 Å². The van der Waals surface area contributed by atoms with Gasteiger partial charge in [-0.1, -0.05) is 12.1 Å². The SMILES string of the molecule is Cc1ccc(C)c(S(=O)(=O)Nc2ccc(N3CCCCC3)nc2)c1. The highest BCUT2D eigenvalue weighted by Crippen LogP contribution is 2.22. The van der Waals surface area contributed by atoms with Crippen molar-refractivity contribution in [3.05, 3.63) is 47.7 Å². The highest BCUT2D eigenvalue weighted by atomic mass is 32.2. The Morgan fingerprint density at radius 3 is 2.46 bits per heavy atom. The molecule has 1 aliphatic heterocycles. The van der Waals surface area contributed by atoms with Crippen molar-refractivity contribution in [3.8, 4) is 0 Å². The lowest BCUT2D eigenvalue weighted by Crippen LogP contribution is -2.30. The van der Waals surface area contributed by atoms with E-state index in [2.05, 4.69) is 14.6 Å². The van der Waals surface area contributed by atoms with Crippen LogP contribution < -0.4 is 9.62 Å². The van der Waals surface area contributed by atoms with Crippen LogP contribution in [0.2, 0.25) is 0 Å². The van der Waals surface area contributed by atoms with Crippen molar-refractivity contribution < 1.29 is 8.42 Å². The van der Waals surface area contributed by atoms with Gasteiger partial charge in [-0.2, -0.15) is 0 Å². The third-order valence-electron chi connectivity index (χ3n) is 4.31. The van der Waals surface area contributed by atoms with Crippen molar-refractivity contribution in [3.63, 3.8) is 0 Å². The Balaban J connectivity index is 1.78. The van der Waals surface area contributed by atoms with Crippen LogP contribution in [0.3, 0.4) is 0 Å². The van der Waals surface area contributed by atoms with E-state index in [4.69, 9.17) is 0 Å². The van der Waals surface area contributed by atoms with Gasteiger partial charge in [-0.05, 0) is 62.4 Å². The van der Waals surface area contributed by atoms with Gasteiger partial charge in [-0.3, -0.25) is 4.72 Å². The van der Waals surface area contributed by atoms with Crippen LogP contribution in [0.5, 0.6) is 0 Å². The molecule has 1 aromatic carbocycles. The maximum absolute atomic E-state index is 12.6. The molecule has 0 amide bonds. The average Bonchev–Trinajstić information content (AvgIpc) is 2.58. The summed E-state index contributed by atoms with van der Waals surface area (Å²) in [6.07, 6.45) is 5.22. The summed E-state index contributed by atoms with van der Waals surface area (Å²) in [6, 6.07) is 9.07. The number of nitrogens with zero attached hydrogens (tertiary/aromatic N) is 2. The van der Waals surface area contributed by atoms with Gasteiger partial charge < -0.3 is 4.90 Å². The first kappa shape index (κ1) is 16.8. The van der Waals surface area contributed by atoms with Crippen molar-refractivity contribution in [1.29, 1.82) is 0 Å². The van der Waals surface area contributed by atoms with Crippen molar-refractivity contribution in [1.82, 2.24) is 4.98 Å². The number of aromatic nitrogens is 1. The van der Waals surface area contributed by atoms with E-state index >= 15 is 0 Å². The molecule has 0 radical (unpaired) electrons. The number of aryl methyl sites for hydroxylation is 2. The van der Waals surface area contributed by atoms with Crippen molar-refractivity contribution in [2.45, 2.75) is 38.0 Å².